The molecule has 1 aromatic rings. The fourth-order valence-electron chi connectivity index (χ4n) is 1.93. The summed E-state index contributed by atoms with van der Waals surface area (Å²) in [6.07, 6.45) is 6.24. The van der Waals surface area contributed by atoms with Crippen LogP contribution >= 0.6 is 11.3 Å². The van der Waals surface area contributed by atoms with Crippen molar-refractivity contribution in [2.24, 2.45) is 11.7 Å². The SMILES string of the molecule is NC(=O)c1csc(C#CCC2CCCC2)n1. The molecule has 0 saturated heterocycles. The molecule has 1 saturated carbocycles. The summed E-state index contributed by atoms with van der Waals surface area (Å²) in [6, 6.07) is 0. The summed E-state index contributed by atoms with van der Waals surface area (Å²) in [5, 5.41) is 2.34. The lowest BCUT2D eigenvalue weighted by Crippen LogP contribution is -2.10. The second-order valence-electron chi connectivity index (χ2n) is 4.06. The number of nitrogens with two attached hydrogens (primary N) is 1. The van der Waals surface area contributed by atoms with E-state index in [1.165, 1.54) is 37.0 Å². The van der Waals surface area contributed by atoms with Crippen LogP contribution in [0.25, 0.3) is 0 Å². The number of hydrogen-bond donors (Lipinski definition) is 1. The van der Waals surface area contributed by atoms with Gasteiger partial charge in [-0.1, -0.05) is 18.8 Å². The van der Waals surface area contributed by atoms with Crippen molar-refractivity contribution in [2.75, 3.05) is 0 Å². The van der Waals surface area contributed by atoms with Gasteiger partial charge in [0.2, 0.25) is 0 Å². The van der Waals surface area contributed by atoms with Crippen molar-refractivity contribution < 1.29 is 4.79 Å². The molecule has 2 rings (SSSR count). The highest BCUT2D eigenvalue weighted by molar-refractivity contribution is 7.10. The molecule has 1 aromatic heterocycles. The van der Waals surface area contributed by atoms with Gasteiger partial charge in [-0.3, -0.25) is 4.79 Å². The highest BCUT2D eigenvalue weighted by atomic mass is 32.1. The monoisotopic (exact) mass is 234 g/mol. The van der Waals surface area contributed by atoms with Crippen LogP contribution in [0.2, 0.25) is 0 Å². The lowest BCUT2D eigenvalue weighted by molar-refractivity contribution is 0.0996. The van der Waals surface area contributed by atoms with Crippen molar-refractivity contribution >= 4 is 17.2 Å². The van der Waals surface area contributed by atoms with E-state index in [0.717, 1.165) is 12.3 Å². The molecule has 1 heterocycles. The molecule has 0 aliphatic heterocycles. The Morgan fingerprint density at radius 2 is 2.31 bits per heavy atom. The van der Waals surface area contributed by atoms with Crippen LogP contribution in [0, 0.1) is 17.8 Å². The summed E-state index contributed by atoms with van der Waals surface area (Å²) in [6.45, 7) is 0. The molecule has 1 amide bonds. The van der Waals surface area contributed by atoms with Gasteiger partial charge in [-0.2, -0.15) is 0 Å². The summed E-state index contributed by atoms with van der Waals surface area (Å²) in [7, 11) is 0. The Labute approximate surface area is 99.1 Å². The average molecular weight is 234 g/mol. The van der Waals surface area contributed by atoms with Crippen LogP contribution < -0.4 is 5.73 Å². The van der Waals surface area contributed by atoms with Crippen molar-refractivity contribution in [3.05, 3.63) is 16.1 Å². The summed E-state index contributed by atoms with van der Waals surface area (Å²) in [5.41, 5.74) is 5.43. The number of carbonyl (C=O) groups is 1. The minimum absolute atomic E-state index is 0.315. The number of amides is 1. The minimum atomic E-state index is -0.486. The number of primary amides is 1. The maximum absolute atomic E-state index is 10.8. The molecule has 2 N–H and O–H groups in total. The Morgan fingerprint density at radius 3 is 2.94 bits per heavy atom. The molecular weight excluding hydrogens is 220 g/mol. The molecule has 0 aromatic carbocycles. The second kappa shape index (κ2) is 5.13. The average Bonchev–Trinajstić information content (AvgIpc) is 2.87. The molecule has 3 nitrogen and oxygen atoms in total. The van der Waals surface area contributed by atoms with Gasteiger partial charge >= 0.3 is 0 Å². The molecule has 84 valence electrons. The predicted octanol–water partition coefficient (Wildman–Crippen LogP) is 2.17. The quantitative estimate of drug-likeness (QED) is 0.797. The summed E-state index contributed by atoms with van der Waals surface area (Å²) >= 11 is 1.37. The Hall–Kier alpha value is -1.34. The van der Waals surface area contributed by atoms with Crippen molar-refractivity contribution in [1.82, 2.24) is 4.98 Å². The first-order chi connectivity index (χ1) is 7.75. The summed E-state index contributed by atoms with van der Waals surface area (Å²) in [5.74, 6) is 6.42. The first kappa shape index (κ1) is 11.2. The highest BCUT2D eigenvalue weighted by Gasteiger charge is 2.13. The third-order valence-electron chi connectivity index (χ3n) is 2.82. The Balaban J connectivity index is 1.92. The molecule has 1 fully saturated rings. The zero-order valence-electron chi connectivity index (χ0n) is 9.03. The van der Waals surface area contributed by atoms with E-state index in [2.05, 4.69) is 16.8 Å². The minimum Gasteiger partial charge on any atom is -0.364 e. The standard InChI is InChI=1S/C12H14N2OS/c13-12(15)10-8-16-11(14-10)7-3-6-9-4-1-2-5-9/h8-9H,1-2,4-6H2,(H2,13,15). The van der Waals surface area contributed by atoms with E-state index in [1.54, 1.807) is 5.38 Å². The van der Waals surface area contributed by atoms with E-state index >= 15 is 0 Å². The maximum atomic E-state index is 10.8. The molecule has 4 heteroatoms. The van der Waals surface area contributed by atoms with Crippen LogP contribution in [0.15, 0.2) is 5.38 Å². The molecule has 0 radical (unpaired) electrons. The van der Waals surface area contributed by atoms with E-state index < -0.39 is 5.91 Å². The first-order valence-corrected chi connectivity index (χ1v) is 6.38. The van der Waals surface area contributed by atoms with E-state index in [-0.39, 0.29) is 0 Å². The van der Waals surface area contributed by atoms with Crippen molar-refractivity contribution in [3.8, 4) is 11.8 Å². The predicted molar refractivity (Wildman–Crippen MR) is 64.1 cm³/mol. The number of hydrogen-bond acceptors (Lipinski definition) is 3. The second-order valence-corrected chi connectivity index (χ2v) is 4.92. The van der Waals surface area contributed by atoms with E-state index in [9.17, 15) is 4.79 Å². The van der Waals surface area contributed by atoms with Gasteiger partial charge in [0, 0.05) is 11.8 Å². The third kappa shape index (κ3) is 2.83. The lowest BCUT2D eigenvalue weighted by Gasteiger charge is -1.99. The van der Waals surface area contributed by atoms with Crippen LogP contribution in [0.4, 0.5) is 0 Å². The molecule has 0 atom stereocenters. The fraction of sp³-hybridized carbons (Fsp3) is 0.500. The number of carbonyl (C=O) groups excluding carboxylic acids is 1. The fourth-order valence-corrected chi connectivity index (χ4v) is 2.60. The zero-order chi connectivity index (χ0) is 11.4. The van der Waals surface area contributed by atoms with Crippen molar-refractivity contribution in [1.29, 1.82) is 0 Å². The Kier molecular flexibility index (Phi) is 3.58. The van der Waals surface area contributed by atoms with Crippen molar-refractivity contribution in [3.63, 3.8) is 0 Å². The zero-order valence-corrected chi connectivity index (χ0v) is 9.85. The van der Waals surface area contributed by atoms with Gasteiger partial charge in [0.05, 0.1) is 0 Å². The lowest BCUT2D eigenvalue weighted by atomic mass is 10.1. The molecule has 0 spiro atoms. The van der Waals surface area contributed by atoms with Gasteiger partial charge in [-0.05, 0) is 24.7 Å². The topological polar surface area (TPSA) is 56.0 Å². The van der Waals surface area contributed by atoms with Gasteiger partial charge in [0.25, 0.3) is 5.91 Å². The summed E-state index contributed by atoms with van der Waals surface area (Å²) < 4.78 is 0. The molecule has 1 aliphatic rings. The van der Waals surface area contributed by atoms with Gasteiger partial charge < -0.3 is 5.73 Å². The highest BCUT2D eigenvalue weighted by Crippen LogP contribution is 2.26. The van der Waals surface area contributed by atoms with Crippen LogP contribution in [-0.2, 0) is 0 Å². The first-order valence-electron chi connectivity index (χ1n) is 5.50. The van der Waals surface area contributed by atoms with E-state index in [1.807, 2.05) is 0 Å². The molecule has 16 heavy (non-hydrogen) atoms. The third-order valence-corrected chi connectivity index (χ3v) is 3.58. The number of thiazole rings is 1. The van der Waals surface area contributed by atoms with Crippen molar-refractivity contribution in [2.45, 2.75) is 32.1 Å². The van der Waals surface area contributed by atoms with Gasteiger partial charge in [0.1, 0.15) is 5.69 Å². The Morgan fingerprint density at radius 1 is 1.56 bits per heavy atom. The van der Waals surface area contributed by atoms with Gasteiger partial charge in [-0.25, -0.2) is 4.98 Å². The smallest absolute Gasteiger partial charge is 0.268 e. The van der Waals surface area contributed by atoms with E-state index in [0.29, 0.717) is 10.7 Å². The normalized spacial score (nSPS) is 15.8. The Bertz CT molecular complexity index is 435. The van der Waals surface area contributed by atoms with Gasteiger partial charge in [0.15, 0.2) is 5.01 Å². The number of nitrogens with zero attached hydrogens (tertiary/aromatic N) is 1. The molecule has 0 bridgehead atoms. The van der Waals surface area contributed by atoms with Crippen LogP contribution in [-0.4, -0.2) is 10.9 Å². The van der Waals surface area contributed by atoms with Crippen LogP contribution in [0.1, 0.15) is 47.6 Å². The van der Waals surface area contributed by atoms with Crippen LogP contribution in [0.5, 0.6) is 0 Å². The molecular formula is C12H14N2OS. The number of aromatic nitrogens is 1. The largest absolute Gasteiger partial charge is 0.364 e. The van der Waals surface area contributed by atoms with E-state index in [4.69, 9.17) is 5.73 Å². The van der Waals surface area contributed by atoms with Gasteiger partial charge in [-0.15, -0.1) is 11.3 Å². The number of rotatable bonds is 2. The molecule has 0 unspecified atom stereocenters. The summed E-state index contributed by atoms with van der Waals surface area (Å²) in [4.78, 5) is 14.9. The van der Waals surface area contributed by atoms with Crippen LogP contribution in [0.3, 0.4) is 0 Å². The maximum Gasteiger partial charge on any atom is 0.268 e. The molecule has 1 aliphatic carbocycles.